The number of aromatic nitrogens is 4. The predicted molar refractivity (Wildman–Crippen MR) is 92.8 cm³/mol. The molecule has 3 heterocycles. The third-order valence-corrected chi connectivity index (χ3v) is 4.27. The standard InChI is InChI=1S/C18H19N5O2/c24-18-22(9-4-12-25-18)10-11-23-13-21-15(14-5-2-1-3-6-14)16(23)17-19-7-8-20-17/h1-3,5-8,13H,4,9-12H2,(H,19,20). The van der Waals surface area contributed by atoms with E-state index in [1.807, 2.05) is 34.9 Å². The number of rotatable bonds is 5. The van der Waals surface area contributed by atoms with Gasteiger partial charge in [0.05, 0.1) is 18.6 Å². The normalized spacial score (nSPS) is 14.6. The fourth-order valence-corrected chi connectivity index (χ4v) is 3.03. The molecule has 1 saturated heterocycles. The van der Waals surface area contributed by atoms with E-state index in [9.17, 15) is 4.79 Å². The van der Waals surface area contributed by atoms with E-state index >= 15 is 0 Å². The van der Waals surface area contributed by atoms with Crippen LogP contribution in [0.2, 0.25) is 0 Å². The summed E-state index contributed by atoms with van der Waals surface area (Å²) < 4.78 is 7.13. The number of H-pyrrole nitrogens is 1. The Balaban J connectivity index is 1.64. The number of ether oxygens (including phenoxy) is 1. The summed E-state index contributed by atoms with van der Waals surface area (Å²) in [6.07, 6.45) is 5.95. The van der Waals surface area contributed by atoms with Crippen LogP contribution in [-0.2, 0) is 11.3 Å². The van der Waals surface area contributed by atoms with Gasteiger partial charge in [-0.3, -0.25) is 0 Å². The van der Waals surface area contributed by atoms with Crippen LogP contribution in [0.5, 0.6) is 0 Å². The maximum absolute atomic E-state index is 11.8. The Kier molecular flexibility index (Phi) is 4.20. The van der Waals surface area contributed by atoms with Gasteiger partial charge >= 0.3 is 6.09 Å². The molecule has 25 heavy (non-hydrogen) atoms. The molecule has 2 aromatic heterocycles. The highest BCUT2D eigenvalue weighted by Crippen LogP contribution is 2.29. The molecule has 1 aromatic carbocycles. The number of hydrogen-bond acceptors (Lipinski definition) is 4. The lowest BCUT2D eigenvalue weighted by Crippen LogP contribution is -2.39. The molecular weight excluding hydrogens is 318 g/mol. The van der Waals surface area contributed by atoms with Crippen LogP contribution in [0.1, 0.15) is 6.42 Å². The van der Waals surface area contributed by atoms with Crippen LogP contribution in [0.15, 0.2) is 49.1 Å². The highest BCUT2D eigenvalue weighted by Gasteiger charge is 2.21. The second kappa shape index (κ2) is 6.80. The summed E-state index contributed by atoms with van der Waals surface area (Å²) in [4.78, 5) is 25.7. The number of aromatic amines is 1. The van der Waals surface area contributed by atoms with Gasteiger partial charge in [-0.1, -0.05) is 30.3 Å². The van der Waals surface area contributed by atoms with Crippen molar-refractivity contribution in [3.05, 3.63) is 49.1 Å². The molecule has 7 heteroatoms. The Morgan fingerprint density at radius 2 is 2.04 bits per heavy atom. The summed E-state index contributed by atoms with van der Waals surface area (Å²) in [6, 6.07) is 10.0. The molecule has 1 aliphatic rings. The smallest absolute Gasteiger partial charge is 0.409 e. The van der Waals surface area contributed by atoms with Gasteiger partial charge in [0.2, 0.25) is 0 Å². The molecule has 1 aliphatic heterocycles. The Hall–Kier alpha value is -3.09. The van der Waals surface area contributed by atoms with Crippen LogP contribution in [0.25, 0.3) is 22.8 Å². The van der Waals surface area contributed by atoms with E-state index in [1.165, 1.54) is 0 Å². The van der Waals surface area contributed by atoms with Crippen LogP contribution in [-0.4, -0.2) is 50.2 Å². The molecule has 3 aromatic rings. The van der Waals surface area contributed by atoms with Crippen LogP contribution >= 0.6 is 0 Å². The fourth-order valence-electron chi connectivity index (χ4n) is 3.03. The van der Waals surface area contributed by atoms with Gasteiger partial charge in [-0.15, -0.1) is 0 Å². The van der Waals surface area contributed by atoms with E-state index in [0.29, 0.717) is 19.7 Å². The lowest BCUT2D eigenvalue weighted by molar-refractivity contribution is 0.0716. The SMILES string of the molecule is O=C1OCCCN1CCn1cnc(-c2ccccc2)c1-c1ncc[nH]1. The van der Waals surface area contributed by atoms with Crippen molar-refractivity contribution in [1.29, 1.82) is 0 Å². The Morgan fingerprint density at radius 3 is 2.80 bits per heavy atom. The van der Waals surface area contributed by atoms with Crippen LogP contribution in [0, 0.1) is 0 Å². The highest BCUT2D eigenvalue weighted by molar-refractivity contribution is 5.75. The van der Waals surface area contributed by atoms with Crippen LogP contribution < -0.4 is 0 Å². The largest absolute Gasteiger partial charge is 0.449 e. The Labute approximate surface area is 145 Å². The van der Waals surface area contributed by atoms with Crippen LogP contribution in [0.4, 0.5) is 4.79 Å². The van der Waals surface area contributed by atoms with Crippen molar-refractivity contribution in [2.75, 3.05) is 19.7 Å². The van der Waals surface area contributed by atoms with Crippen molar-refractivity contribution in [1.82, 2.24) is 24.4 Å². The molecule has 1 N–H and O–H groups in total. The molecule has 0 aliphatic carbocycles. The van der Waals surface area contributed by atoms with Gasteiger partial charge in [-0.2, -0.15) is 0 Å². The second-order valence-electron chi connectivity index (χ2n) is 5.89. The third kappa shape index (κ3) is 3.13. The molecule has 1 fully saturated rings. The van der Waals surface area contributed by atoms with E-state index in [4.69, 9.17) is 4.74 Å². The maximum Gasteiger partial charge on any atom is 0.409 e. The molecule has 0 bridgehead atoms. The summed E-state index contributed by atoms with van der Waals surface area (Å²) in [5.41, 5.74) is 2.82. The third-order valence-electron chi connectivity index (χ3n) is 4.27. The summed E-state index contributed by atoms with van der Waals surface area (Å²) in [5, 5.41) is 0. The molecule has 7 nitrogen and oxygen atoms in total. The minimum Gasteiger partial charge on any atom is -0.449 e. The van der Waals surface area contributed by atoms with Gasteiger partial charge in [0.25, 0.3) is 0 Å². The molecule has 0 radical (unpaired) electrons. The van der Waals surface area contributed by atoms with Crippen molar-refractivity contribution in [2.45, 2.75) is 13.0 Å². The number of cyclic esters (lactones) is 1. The van der Waals surface area contributed by atoms with Gasteiger partial charge < -0.3 is 19.2 Å². The van der Waals surface area contributed by atoms with Crippen molar-refractivity contribution < 1.29 is 9.53 Å². The second-order valence-corrected chi connectivity index (χ2v) is 5.89. The molecule has 1 amide bonds. The minimum atomic E-state index is -0.241. The number of amides is 1. The van der Waals surface area contributed by atoms with Crippen LogP contribution in [0.3, 0.4) is 0 Å². The zero-order valence-corrected chi connectivity index (χ0v) is 13.8. The zero-order valence-electron chi connectivity index (χ0n) is 13.8. The predicted octanol–water partition coefficient (Wildman–Crippen LogP) is 2.78. The lowest BCUT2D eigenvalue weighted by Gasteiger charge is -2.26. The average Bonchev–Trinajstić information content (AvgIpc) is 3.31. The lowest BCUT2D eigenvalue weighted by atomic mass is 10.1. The first kappa shape index (κ1) is 15.4. The molecule has 0 unspecified atom stereocenters. The number of carbonyl (C=O) groups is 1. The molecule has 0 atom stereocenters. The Bertz CT molecular complexity index is 842. The number of nitrogens with zero attached hydrogens (tertiary/aromatic N) is 4. The number of imidazole rings is 2. The topological polar surface area (TPSA) is 76.0 Å². The summed E-state index contributed by atoms with van der Waals surface area (Å²) in [7, 11) is 0. The summed E-state index contributed by atoms with van der Waals surface area (Å²) in [6.45, 7) is 2.45. The first-order chi connectivity index (χ1) is 12.3. The molecule has 128 valence electrons. The van der Waals surface area contributed by atoms with Gasteiger partial charge in [-0.25, -0.2) is 14.8 Å². The molecule has 0 saturated carbocycles. The number of carbonyl (C=O) groups excluding carboxylic acids is 1. The quantitative estimate of drug-likeness (QED) is 0.777. The number of nitrogens with one attached hydrogen (secondary N) is 1. The minimum absolute atomic E-state index is 0.241. The monoisotopic (exact) mass is 337 g/mol. The maximum atomic E-state index is 11.8. The number of benzene rings is 1. The Morgan fingerprint density at radius 1 is 1.16 bits per heavy atom. The van der Waals surface area contributed by atoms with E-state index in [0.717, 1.165) is 35.7 Å². The molecular formula is C18H19N5O2. The van der Waals surface area contributed by atoms with Gasteiger partial charge in [0, 0.05) is 37.6 Å². The van der Waals surface area contributed by atoms with Gasteiger partial charge in [0.15, 0.2) is 5.82 Å². The molecule has 0 spiro atoms. The van der Waals surface area contributed by atoms with E-state index in [-0.39, 0.29) is 6.09 Å². The van der Waals surface area contributed by atoms with Gasteiger partial charge in [0.1, 0.15) is 5.69 Å². The summed E-state index contributed by atoms with van der Waals surface area (Å²) in [5.74, 6) is 0.762. The highest BCUT2D eigenvalue weighted by atomic mass is 16.6. The van der Waals surface area contributed by atoms with E-state index in [2.05, 4.69) is 15.0 Å². The van der Waals surface area contributed by atoms with E-state index in [1.54, 1.807) is 23.6 Å². The van der Waals surface area contributed by atoms with Gasteiger partial charge in [-0.05, 0) is 6.42 Å². The zero-order chi connectivity index (χ0) is 17.1. The van der Waals surface area contributed by atoms with Crippen molar-refractivity contribution in [3.8, 4) is 22.8 Å². The number of hydrogen-bond donors (Lipinski definition) is 1. The van der Waals surface area contributed by atoms with Crippen molar-refractivity contribution >= 4 is 6.09 Å². The fraction of sp³-hybridized carbons (Fsp3) is 0.278. The first-order valence-corrected chi connectivity index (χ1v) is 8.35. The van der Waals surface area contributed by atoms with Crippen molar-refractivity contribution in [2.24, 2.45) is 0 Å². The first-order valence-electron chi connectivity index (χ1n) is 8.35. The van der Waals surface area contributed by atoms with Crippen molar-refractivity contribution in [3.63, 3.8) is 0 Å². The van der Waals surface area contributed by atoms with E-state index < -0.39 is 0 Å². The summed E-state index contributed by atoms with van der Waals surface area (Å²) >= 11 is 0. The average molecular weight is 337 g/mol. The molecule has 4 rings (SSSR count).